The lowest BCUT2D eigenvalue weighted by atomic mass is 10.1. The lowest BCUT2D eigenvalue weighted by Crippen LogP contribution is -2.30. The van der Waals surface area contributed by atoms with E-state index < -0.39 is 0 Å². The van der Waals surface area contributed by atoms with Gasteiger partial charge in [-0.3, -0.25) is 0 Å². The van der Waals surface area contributed by atoms with Gasteiger partial charge >= 0.3 is 0 Å². The van der Waals surface area contributed by atoms with Crippen LogP contribution in [0.15, 0.2) is 18.2 Å². The van der Waals surface area contributed by atoms with E-state index in [2.05, 4.69) is 51.2 Å². The third-order valence-corrected chi connectivity index (χ3v) is 3.39. The Bertz CT molecular complexity index is 349. The molecule has 102 valence electrons. The van der Waals surface area contributed by atoms with E-state index in [1.807, 2.05) is 0 Å². The van der Waals surface area contributed by atoms with E-state index in [0.29, 0.717) is 6.04 Å². The third kappa shape index (κ3) is 5.09. The van der Waals surface area contributed by atoms with Crippen molar-refractivity contribution < 1.29 is 4.74 Å². The maximum absolute atomic E-state index is 5.81. The summed E-state index contributed by atoms with van der Waals surface area (Å²) in [7, 11) is 0. The van der Waals surface area contributed by atoms with Crippen LogP contribution in [0.3, 0.4) is 0 Å². The molecule has 1 aromatic rings. The first kappa shape index (κ1) is 15.0. The Morgan fingerprint density at radius 2 is 1.94 bits per heavy atom. The standard InChI is InChI=1S/C16H27NO/c1-5-10-17-15(6-2)9-11-18-16-8-7-13(3)14(4)12-16/h7-8,12,15,17H,5-6,9-11H2,1-4H3/t15-/m0/s1. The van der Waals surface area contributed by atoms with Crippen LogP contribution in [0.1, 0.15) is 44.2 Å². The van der Waals surface area contributed by atoms with E-state index in [9.17, 15) is 0 Å². The summed E-state index contributed by atoms with van der Waals surface area (Å²) in [5.41, 5.74) is 2.61. The summed E-state index contributed by atoms with van der Waals surface area (Å²) in [5, 5.41) is 3.55. The van der Waals surface area contributed by atoms with Gasteiger partial charge in [0.25, 0.3) is 0 Å². The highest BCUT2D eigenvalue weighted by Crippen LogP contribution is 2.16. The molecular formula is C16H27NO. The highest BCUT2D eigenvalue weighted by Gasteiger charge is 2.05. The lowest BCUT2D eigenvalue weighted by molar-refractivity contribution is 0.283. The van der Waals surface area contributed by atoms with Crippen molar-refractivity contribution in [1.29, 1.82) is 0 Å². The van der Waals surface area contributed by atoms with E-state index in [4.69, 9.17) is 4.74 Å². The average Bonchev–Trinajstić information content (AvgIpc) is 2.37. The normalized spacial score (nSPS) is 12.4. The van der Waals surface area contributed by atoms with Crippen molar-refractivity contribution in [2.45, 2.75) is 53.0 Å². The first-order valence-electron chi connectivity index (χ1n) is 7.10. The molecule has 0 saturated heterocycles. The van der Waals surface area contributed by atoms with Gasteiger partial charge in [0.15, 0.2) is 0 Å². The van der Waals surface area contributed by atoms with Crippen LogP contribution in [0.25, 0.3) is 0 Å². The maximum Gasteiger partial charge on any atom is 0.119 e. The Morgan fingerprint density at radius 3 is 2.56 bits per heavy atom. The number of rotatable bonds is 8. The second-order valence-electron chi connectivity index (χ2n) is 4.94. The Labute approximate surface area is 112 Å². The van der Waals surface area contributed by atoms with Crippen molar-refractivity contribution in [2.75, 3.05) is 13.2 Å². The zero-order chi connectivity index (χ0) is 13.4. The zero-order valence-electron chi connectivity index (χ0n) is 12.3. The first-order valence-corrected chi connectivity index (χ1v) is 7.10. The Balaban J connectivity index is 2.33. The van der Waals surface area contributed by atoms with Gasteiger partial charge in [-0.1, -0.05) is 19.9 Å². The summed E-state index contributed by atoms with van der Waals surface area (Å²) >= 11 is 0. The van der Waals surface area contributed by atoms with Gasteiger partial charge < -0.3 is 10.1 Å². The molecule has 0 amide bonds. The summed E-state index contributed by atoms with van der Waals surface area (Å²) in [6, 6.07) is 6.88. The van der Waals surface area contributed by atoms with Crippen LogP contribution < -0.4 is 10.1 Å². The number of aryl methyl sites for hydroxylation is 2. The monoisotopic (exact) mass is 249 g/mol. The number of nitrogens with one attached hydrogen (secondary N) is 1. The number of hydrogen-bond acceptors (Lipinski definition) is 2. The Kier molecular flexibility index (Phi) is 6.81. The molecule has 0 radical (unpaired) electrons. The number of hydrogen-bond donors (Lipinski definition) is 1. The van der Waals surface area contributed by atoms with Gasteiger partial charge in [0, 0.05) is 6.04 Å². The van der Waals surface area contributed by atoms with Crippen LogP contribution >= 0.6 is 0 Å². The molecule has 0 aliphatic rings. The van der Waals surface area contributed by atoms with Crippen molar-refractivity contribution in [2.24, 2.45) is 0 Å². The summed E-state index contributed by atoms with van der Waals surface area (Å²) in [6.07, 6.45) is 3.42. The van der Waals surface area contributed by atoms with Gasteiger partial charge in [0.1, 0.15) is 5.75 Å². The molecule has 0 saturated carbocycles. The van der Waals surface area contributed by atoms with Crippen LogP contribution in [0.5, 0.6) is 5.75 Å². The van der Waals surface area contributed by atoms with Crippen molar-refractivity contribution in [3.63, 3.8) is 0 Å². The van der Waals surface area contributed by atoms with E-state index >= 15 is 0 Å². The van der Waals surface area contributed by atoms with Crippen LogP contribution in [0, 0.1) is 13.8 Å². The van der Waals surface area contributed by atoms with Crippen molar-refractivity contribution in [3.8, 4) is 5.75 Å². The fraction of sp³-hybridized carbons (Fsp3) is 0.625. The molecule has 1 N–H and O–H groups in total. The highest BCUT2D eigenvalue weighted by molar-refractivity contribution is 5.33. The van der Waals surface area contributed by atoms with E-state index in [1.54, 1.807) is 0 Å². The first-order chi connectivity index (χ1) is 8.67. The van der Waals surface area contributed by atoms with Crippen molar-refractivity contribution in [1.82, 2.24) is 5.32 Å². The molecular weight excluding hydrogens is 222 g/mol. The Morgan fingerprint density at radius 1 is 1.17 bits per heavy atom. The zero-order valence-corrected chi connectivity index (χ0v) is 12.3. The molecule has 2 heteroatoms. The van der Waals surface area contributed by atoms with Gasteiger partial charge in [-0.05, 0) is 62.9 Å². The number of benzene rings is 1. The average molecular weight is 249 g/mol. The van der Waals surface area contributed by atoms with Crippen molar-refractivity contribution >= 4 is 0 Å². The Hall–Kier alpha value is -1.02. The minimum absolute atomic E-state index is 0.580. The smallest absolute Gasteiger partial charge is 0.119 e. The molecule has 0 aliphatic carbocycles. The van der Waals surface area contributed by atoms with Crippen LogP contribution in [0.4, 0.5) is 0 Å². The van der Waals surface area contributed by atoms with Gasteiger partial charge in [-0.2, -0.15) is 0 Å². The van der Waals surface area contributed by atoms with Crippen molar-refractivity contribution in [3.05, 3.63) is 29.3 Å². The summed E-state index contributed by atoms with van der Waals surface area (Å²) in [5.74, 6) is 0.989. The highest BCUT2D eigenvalue weighted by atomic mass is 16.5. The van der Waals surface area contributed by atoms with Gasteiger partial charge in [0.2, 0.25) is 0 Å². The molecule has 18 heavy (non-hydrogen) atoms. The largest absolute Gasteiger partial charge is 0.494 e. The van der Waals surface area contributed by atoms with E-state index in [0.717, 1.165) is 31.7 Å². The molecule has 1 atom stereocenters. The number of ether oxygens (including phenoxy) is 1. The van der Waals surface area contributed by atoms with Gasteiger partial charge in [-0.25, -0.2) is 0 Å². The van der Waals surface area contributed by atoms with Gasteiger partial charge in [0.05, 0.1) is 6.61 Å². The summed E-state index contributed by atoms with van der Waals surface area (Å²) < 4.78 is 5.81. The van der Waals surface area contributed by atoms with Gasteiger partial charge in [-0.15, -0.1) is 0 Å². The molecule has 2 nitrogen and oxygen atoms in total. The second kappa shape index (κ2) is 8.15. The lowest BCUT2D eigenvalue weighted by Gasteiger charge is -2.17. The molecule has 0 bridgehead atoms. The minimum atomic E-state index is 0.580. The summed E-state index contributed by atoms with van der Waals surface area (Å²) in [6.45, 7) is 10.6. The molecule has 0 unspecified atom stereocenters. The molecule has 0 aliphatic heterocycles. The fourth-order valence-corrected chi connectivity index (χ4v) is 1.92. The quantitative estimate of drug-likeness (QED) is 0.755. The topological polar surface area (TPSA) is 21.3 Å². The van der Waals surface area contributed by atoms with E-state index in [1.165, 1.54) is 17.5 Å². The summed E-state index contributed by atoms with van der Waals surface area (Å²) in [4.78, 5) is 0. The molecule has 0 fully saturated rings. The maximum atomic E-state index is 5.81. The predicted molar refractivity (Wildman–Crippen MR) is 78.4 cm³/mol. The molecule has 1 aromatic carbocycles. The van der Waals surface area contributed by atoms with Crippen LogP contribution in [-0.2, 0) is 0 Å². The third-order valence-electron chi connectivity index (χ3n) is 3.39. The predicted octanol–water partition coefficient (Wildman–Crippen LogP) is 3.85. The van der Waals surface area contributed by atoms with E-state index in [-0.39, 0.29) is 0 Å². The second-order valence-corrected chi connectivity index (χ2v) is 4.94. The molecule has 0 aromatic heterocycles. The fourth-order valence-electron chi connectivity index (χ4n) is 1.92. The van der Waals surface area contributed by atoms with Crippen LogP contribution in [-0.4, -0.2) is 19.2 Å². The van der Waals surface area contributed by atoms with Crippen LogP contribution in [0.2, 0.25) is 0 Å². The SMILES string of the molecule is CCCN[C@@H](CC)CCOc1ccc(C)c(C)c1. The minimum Gasteiger partial charge on any atom is -0.494 e. The molecule has 0 spiro atoms. The molecule has 1 rings (SSSR count). The molecule has 0 heterocycles.